The minimum absolute atomic E-state index is 0.0646. The van der Waals surface area contributed by atoms with Crippen molar-refractivity contribution in [2.45, 2.75) is 25.7 Å². The van der Waals surface area contributed by atoms with Gasteiger partial charge in [-0.15, -0.1) is 0 Å². The molecule has 0 saturated heterocycles. The number of hydrogen-bond acceptors (Lipinski definition) is 6. The van der Waals surface area contributed by atoms with E-state index >= 15 is 0 Å². The number of rotatable bonds is 8. The topological polar surface area (TPSA) is 154 Å². The van der Waals surface area contributed by atoms with Crippen LogP contribution >= 0.6 is 11.3 Å². The molecule has 0 atom stereocenters. The number of anilines is 2. The maximum Gasteiger partial charge on any atom is 0.317 e. The molecule has 0 spiro atoms. The molecule has 0 fully saturated rings. The standard InChI is InChI=1S/C13H18N4O5S/c1-22-10(19)5-3-2-4-8(18)16-9-6-7(11(14)20)12(23-9)17-13(15)21/h6H,2-5H2,1H3,(H2,14,20)(H,16,18)(H3,15,17,21). The van der Waals surface area contributed by atoms with Gasteiger partial charge in [0.15, 0.2) is 0 Å². The first-order valence-electron chi connectivity index (χ1n) is 6.70. The minimum Gasteiger partial charge on any atom is -0.469 e. The van der Waals surface area contributed by atoms with Crippen LogP contribution in [0.5, 0.6) is 0 Å². The molecule has 6 N–H and O–H groups in total. The van der Waals surface area contributed by atoms with E-state index in [9.17, 15) is 19.2 Å². The zero-order valence-electron chi connectivity index (χ0n) is 12.5. The van der Waals surface area contributed by atoms with Gasteiger partial charge >= 0.3 is 12.0 Å². The lowest BCUT2D eigenvalue weighted by molar-refractivity contribution is -0.140. The fourth-order valence-corrected chi connectivity index (χ4v) is 2.68. The predicted molar refractivity (Wildman–Crippen MR) is 85.2 cm³/mol. The molecular formula is C13H18N4O5S. The van der Waals surface area contributed by atoms with Crippen molar-refractivity contribution in [1.29, 1.82) is 0 Å². The highest BCUT2D eigenvalue weighted by Crippen LogP contribution is 2.32. The van der Waals surface area contributed by atoms with Gasteiger partial charge in [0.05, 0.1) is 17.7 Å². The Hall–Kier alpha value is -2.62. The van der Waals surface area contributed by atoms with Crippen LogP contribution in [0.25, 0.3) is 0 Å². The van der Waals surface area contributed by atoms with Crippen molar-refractivity contribution < 1.29 is 23.9 Å². The molecule has 10 heteroatoms. The first kappa shape index (κ1) is 18.4. The van der Waals surface area contributed by atoms with E-state index in [1.807, 2.05) is 0 Å². The number of thiophene rings is 1. The molecule has 1 heterocycles. The van der Waals surface area contributed by atoms with Crippen molar-refractivity contribution in [1.82, 2.24) is 0 Å². The maximum absolute atomic E-state index is 11.8. The molecule has 1 aromatic rings. The van der Waals surface area contributed by atoms with Gasteiger partial charge in [-0.25, -0.2) is 4.79 Å². The third-order valence-corrected chi connectivity index (χ3v) is 3.73. The Bertz CT molecular complexity index is 614. The van der Waals surface area contributed by atoms with Crippen LogP contribution in [0.3, 0.4) is 0 Å². The Morgan fingerprint density at radius 1 is 1.13 bits per heavy atom. The zero-order valence-corrected chi connectivity index (χ0v) is 13.3. The highest BCUT2D eigenvalue weighted by Gasteiger charge is 2.16. The smallest absolute Gasteiger partial charge is 0.317 e. The number of esters is 1. The SMILES string of the molecule is COC(=O)CCCCC(=O)Nc1cc(C(N)=O)c(NC(N)=O)s1. The van der Waals surface area contributed by atoms with Gasteiger partial charge in [-0.1, -0.05) is 11.3 Å². The number of nitrogens with one attached hydrogen (secondary N) is 2. The zero-order chi connectivity index (χ0) is 17.4. The van der Waals surface area contributed by atoms with E-state index in [0.717, 1.165) is 11.3 Å². The second kappa shape index (κ2) is 8.73. The summed E-state index contributed by atoms with van der Waals surface area (Å²) in [5, 5.41) is 5.40. The molecule has 126 valence electrons. The number of urea groups is 1. The molecular weight excluding hydrogens is 324 g/mol. The van der Waals surface area contributed by atoms with E-state index in [0.29, 0.717) is 17.8 Å². The Kier molecular flexibility index (Phi) is 7.00. The number of amides is 4. The molecule has 0 radical (unpaired) electrons. The molecule has 0 aromatic carbocycles. The molecule has 4 amide bonds. The van der Waals surface area contributed by atoms with E-state index in [1.165, 1.54) is 13.2 Å². The van der Waals surface area contributed by atoms with Crippen LogP contribution in [-0.4, -0.2) is 30.9 Å². The summed E-state index contributed by atoms with van der Waals surface area (Å²) in [7, 11) is 1.31. The first-order chi connectivity index (χ1) is 10.8. The predicted octanol–water partition coefficient (Wildman–Crippen LogP) is 1.01. The average molecular weight is 342 g/mol. The third kappa shape index (κ3) is 6.34. The molecule has 0 bridgehead atoms. The molecule has 0 aliphatic heterocycles. The van der Waals surface area contributed by atoms with Gasteiger partial charge in [0.2, 0.25) is 5.91 Å². The number of ether oxygens (including phenoxy) is 1. The van der Waals surface area contributed by atoms with E-state index in [2.05, 4.69) is 15.4 Å². The first-order valence-corrected chi connectivity index (χ1v) is 7.52. The minimum atomic E-state index is -0.838. The summed E-state index contributed by atoms with van der Waals surface area (Å²) in [6.07, 6.45) is 1.51. The maximum atomic E-state index is 11.8. The van der Waals surface area contributed by atoms with Crippen molar-refractivity contribution in [3.05, 3.63) is 11.6 Å². The Morgan fingerprint density at radius 2 is 1.78 bits per heavy atom. The van der Waals surface area contributed by atoms with Gasteiger partial charge in [-0.05, 0) is 18.9 Å². The van der Waals surface area contributed by atoms with Crippen molar-refractivity contribution in [2.75, 3.05) is 17.7 Å². The number of unbranched alkanes of at least 4 members (excludes halogenated alkanes) is 1. The van der Waals surface area contributed by atoms with Gasteiger partial charge in [0, 0.05) is 12.8 Å². The fourth-order valence-electron chi connectivity index (χ4n) is 1.70. The number of nitrogens with two attached hydrogens (primary N) is 2. The summed E-state index contributed by atoms with van der Waals surface area (Å²) in [6, 6.07) is 0.528. The highest BCUT2D eigenvalue weighted by molar-refractivity contribution is 7.20. The van der Waals surface area contributed by atoms with E-state index < -0.39 is 11.9 Å². The average Bonchev–Trinajstić information content (AvgIpc) is 2.85. The van der Waals surface area contributed by atoms with Crippen LogP contribution in [0, 0.1) is 0 Å². The van der Waals surface area contributed by atoms with Crippen LogP contribution < -0.4 is 22.1 Å². The third-order valence-electron chi connectivity index (χ3n) is 2.76. The van der Waals surface area contributed by atoms with Crippen LogP contribution in [-0.2, 0) is 14.3 Å². The number of hydrogen-bond donors (Lipinski definition) is 4. The van der Waals surface area contributed by atoms with Crippen molar-refractivity contribution >= 4 is 45.2 Å². The van der Waals surface area contributed by atoms with Gasteiger partial charge in [0.1, 0.15) is 5.00 Å². The van der Waals surface area contributed by atoms with Gasteiger partial charge in [0.25, 0.3) is 5.91 Å². The Labute approximate surface area is 136 Å². The van der Waals surface area contributed by atoms with Crippen LogP contribution in [0.1, 0.15) is 36.0 Å². The molecule has 1 rings (SSSR count). The molecule has 0 aliphatic rings. The van der Waals surface area contributed by atoms with Crippen LogP contribution in [0.4, 0.5) is 14.8 Å². The Morgan fingerprint density at radius 3 is 2.35 bits per heavy atom. The molecule has 0 aliphatic carbocycles. The van der Waals surface area contributed by atoms with Crippen molar-refractivity contribution in [3.8, 4) is 0 Å². The van der Waals surface area contributed by atoms with Gasteiger partial charge in [-0.2, -0.15) is 0 Å². The normalized spacial score (nSPS) is 9.96. The summed E-state index contributed by atoms with van der Waals surface area (Å²) in [4.78, 5) is 44.9. The van der Waals surface area contributed by atoms with Gasteiger partial charge in [-0.3, -0.25) is 19.7 Å². The summed E-state index contributed by atoms with van der Waals surface area (Å²) >= 11 is 0.973. The lowest BCUT2D eigenvalue weighted by Gasteiger charge is -2.02. The molecule has 0 unspecified atom stereocenters. The summed E-state index contributed by atoms with van der Waals surface area (Å²) in [5.41, 5.74) is 10.3. The Balaban J connectivity index is 2.56. The number of primary amides is 2. The summed E-state index contributed by atoms with van der Waals surface area (Å²) in [6.45, 7) is 0. The lowest BCUT2D eigenvalue weighted by atomic mass is 10.2. The summed E-state index contributed by atoms with van der Waals surface area (Å²) < 4.78 is 4.50. The van der Waals surface area contributed by atoms with Crippen LogP contribution in [0.15, 0.2) is 6.07 Å². The summed E-state index contributed by atoms with van der Waals surface area (Å²) in [5.74, 6) is -1.35. The number of carbonyl (C=O) groups excluding carboxylic acids is 4. The monoisotopic (exact) mass is 342 g/mol. The van der Waals surface area contributed by atoms with E-state index in [-0.39, 0.29) is 35.3 Å². The molecule has 23 heavy (non-hydrogen) atoms. The van der Waals surface area contributed by atoms with Crippen molar-refractivity contribution in [3.63, 3.8) is 0 Å². The molecule has 9 nitrogen and oxygen atoms in total. The van der Waals surface area contributed by atoms with E-state index in [1.54, 1.807) is 0 Å². The highest BCUT2D eigenvalue weighted by atomic mass is 32.1. The lowest BCUT2D eigenvalue weighted by Crippen LogP contribution is -2.21. The molecule has 1 aromatic heterocycles. The second-order valence-electron chi connectivity index (χ2n) is 4.54. The van der Waals surface area contributed by atoms with Crippen LogP contribution in [0.2, 0.25) is 0 Å². The number of carbonyl (C=O) groups is 4. The quantitative estimate of drug-likeness (QED) is 0.410. The molecule has 0 saturated carbocycles. The largest absolute Gasteiger partial charge is 0.469 e. The second-order valence-corrected chi connectivity index (χ2v) is 5.59. The van der Waals surface area contributed by atoms with Crippen molar-refractivity contribution in [2.24, 2.45) is 11.5 Å². The number of methoxy groups -OCH3 is 1. The van der Waals surface area contributed by atoms with E-state index in [4.69, 9.17) is 11.5 Å². The fraction of sp³-hybridized carbons (Fsp3) is 0.385. The van der Waals surface area contributed by atoms with Gasteiger partial charge < -0.3 is 21.5 Å².